The molecule has 4 aromatic rings. The van der Waals surface area contributed by atoms with Crippen LogP contribution in [0.4, 0.5) is 0 Å². The molecule has 92 heavy (non-hydrogen) atoms. The van der Waals surface area contributed by atoms with Crippen molar-refractivity contribution < 1.29 is 103 Å². The van der Waals surface area contributed by atoms with E-state index < -0.39 is 184 Å². The SMILES string of the molecule is C[C@@H](O)[C@@H]1NC(=O)[C@@H](NC(=O)c2ccc(-c3nnc(-c4ccc(OC5CCCCC5)cc4)s3)cc2)C[C@@H](O)CNC(=O)[C@@H]2[C@@H](O)[C@@H](C)CN2C(=O)[C@H]([C@H](O)CCNC(CO)CO)NC(=O)[C@H]([C@H](O)Cc2ccc(O)c(OSOOO)c2)NC(=O)[C@@H]2C[C@@H](O)CN2C1=O. The van der Waals surface area contributed by atoms with Crippen LogP contribution < -0.4 is 40.8 Å². The molecule has 1 aromatic heterocycles. The van der Waals surface area contributed by atoms with Crippen molar-refractivity contribution >= 4 is 65.0 Å². The summed E-state index contributed by atoms with van der Waals surface area (Å²) in [4.78, 5) is 104. The number of carbonyl (C=O) groups is 7. The summed E-state index contributed by atoms with van der Waals surface area (Å²) >= 11 is 1.37. The number of aliphatic hydroxyl groups is 8. The number of hydrogen-bond donors (Lipinski definition) is 16. The molecular formula is C59H78N10O21S2. The zero-order chi connectivity index (χ0) is 66.3. The Kier molecular flexibility index (Phi) is 25.4. The number of rotatable bonds is 21. The molecule has 13 atom stereocenters. The third-order valence-corrected chi connectivity index (χ3v) is 17.9. The first-order chi connectivity index (χ1) is 44.1. The fraction of sp³-hybridized carbons (Fsp3) is 0.542. The lowest BCUT2D eigenvalue weighted by molar-refractivity contribution is -0.433. The van der Waals surface area contributed by atoms with Gasteiger partial charge in [-0.05, 0) is 99.7 Å². The molecule has 8 rings (SSSR count). The minimum atomic E-state index is -2.16. The molecule has 1 saturated carbocycles. The number of amides is 7. The predicted molar refractivity (Wildman–Crippen MR) is 325 cm³/mol. The van der Waals surface area contributed by atoms with Crippen LogP contribution in [0.5, 0.6) is 17.2 Å². The molecule has 33 heteroatoms. The molecule has 0 radical (unpaired) electrons. The van der Waals surface area contributed by atoms with Crippen molar-refractivity contribution in [3.63, 3.8) is 0 Å². The van der Waals surface area contributed by atoms with Crippen LogP contribution in [-0.2, 0) is 44.6 Å². The largest absolute Gasteiger partial charge is 0.504 e. The Morgan fingerprint density at radius 3 is 2.05 bits per heavy atom. The molecule has 0 bridgehead atoms. The van der Waals surface area contributed by atoms with E-state index in [0.29, 0.717) is 15.6 Å². The number of ether oxygens (including phenoxy) is 1. The van der Waals surface area contributed by atoms with Gasteiger partial charge in [-0.25, -0.2) is 5.26 Å². The maximum Gasteiger partial charge on any atom is 0.261 e. The van der Waals surface area contributed by atoms with Gasteiger partial charge in [0.15, 0.2) is 11.5 Å². The fourth-order valence-corrected chi connectivity index (χ4v) is 12.5. The Bertz CT molecular complexity index is 3160. The number of phenolic OH excluding ortho intramolecular Hbond substituents is 1. The standard InChI is InChI=1S/C59H78N10O21S2/c1-29-25-69-49(50(29)78)55(83)61-24-36(73)22-40(62-51(79)32-9-11-33(12-10-32)56-66-67-57(91-56)34-13-15-39(16-14-34)87-38-6-4-3-5-7-38)52(80)63-46(30(2)72)58(84)68-26-37(74)23-41(68)53(81)64-47(44(77)20-31-8-17-42(75)45(21-31)88-92-90-89-86)54(82)65-48(59(69)85)43(76)18-19-60-35(27-70)28-71/h8-17,21,29-30,35-38,40-41,43-44,46-50,60,70-78,86H,3-7,18-20,22-28H2,1-2H3,(H,61,83)(H,62,79)(H,63,80)(H,64,81)(H,65,82)/t29-,30+,36+,37+,40-,41-,43+,44+,46-,47-,48-,49-,50-/m0/s1. The summed E-state index contributed by atoms with van der Waals surface area (Å²) in [6, 6.07) is 4.91. The van der Waals surface area contributed by atoms with Crippen LogP contribution in [0.1, 0.15) is 81.1 Å². The van der Waals surface area contributed by atoms with E-state index in [2.05, 4.69) is 51.5 Å². The Hall–Kier alpha value is -7.22. The Morgan fingerprint density at radius 1 is 0.761 bits per heavy atom. The number of fused-ring (bicyclic) bond motifs is 2. The van der Waals surface area contributed by atoms with E-state index in [4.69, 9.17) is 14.2 Å². The molecule has 16 N–H and O–H groups in total. The molecular weight excluding hydrogens is 1250 g/mol. The second-order valence-corrected chi connectivity index (χ2v) is 24.7. The fourth-order valence-electron chi connectivity index (χ4n) is 11.4. The molecule has 3 saturated heterocycles. The molecule has 31 nitrogen and oxygen atoms in total. The zero-order valence-corrected chi connectivity index (χ0v) is 51.8. The molecule has 0 unspecified atom stereocenters. The molecule has 0 spiro atoms. The minimum absolute atomic E-state index is 0.0126. The third-order valence-electron chi connectivity index (χ3n) is 16.5. The Labute approximate surface area is 536 Å². The van der Waals surface area contributed by atoms with Crippen molar-refractivity contribution in [2.75, 3.05) is 39.4 Å². The van der Waals surface area contributed by atoms with Gasteiger partial charge in [-0.2, -0.15) is 0 Å². The first-order valence-electron chi connectivity index (χ1n) is 30.1. The molecule has 4 aliphatic rings. The highest BCUT2D eigenvalue weighted by molar-refractivity contribution is 7.90. The average Bonchev–Trinajstić information content (AvgIpc) is 1.63. The second-order valence-electron chi connectivity index (χ2n) is 23.3. The number of aliphatic hydroxyl groups excluding tert-OH is 8. The van der Waals surface area contributed by atoms with Crippen molar-refractivity contribution in [1.82, 2.24) is 51.9 Å². The number of β-amino-alcohol motifs (C(OH)–C–C–N with tert-alkyl or cyclic N) is 1. The Morgan fingerprint density at radius 2 is 1.40 bits per heavy atom. The molecule has 7 amide bonds. The van der Waals surface area contributed by atoms with Gasteiger partial charge in [0.05, 0.1) is 62.0 Å². The molecule has 3 aliphatic heterocycles. The van der Waals surface area contributed by atoms with Crippen LogP contribution in [0.25, 0.3) is 21.1 Å². The summed E-state index contributed by atoms with van der Waals surface area (Å²) in [5, 5.41) is 136. The van der Waals surface area contributed by atoms with Gasteiger partial charge in [0.1, 0.15) is 52.0 Å². The van der Waals surface area contributed by atoms with Gasteiger partial charge >= 0.3 is 0 Å². The summed E-state index contributed by atoms with van der Waals surface area (Å²) < 4.78 is 15.5. The molecule has 4 heterocycles. The van der Waals surface area contributed by atoms with Gasteiger partial charge in [0.2, 0.25) is 35.4 Å². The topological polar surface area (TPSA) is 463 Å². The van der Waals surface area contributed by atoms with Crippen molar-refractivity contribution in [3.05, 3.63) is 77.9 Å². The van der Waals surface area contributed by atoms with E-state index in [-0.39, 0.29) is 48.4 Å². The van der Waals surface area contributed by atoms with E-state index in [1.807, 2.05) is 24.3 Å². The quantitative estimate of drug-likeness (QED) is 0.0184. The van der Waals surface area contributed by atoms with Crippen molar-refractivity contribution in [1.29, 1.82) is 0 Å². The van der Waals surface area contributed by atoms with Crippen LogP contribution >= 0.6 is 23.7 Å². The van der Waals surface area contributed by atoms with Crippen LogP contribution in [0.3, 0.4) is 0 Å². The first kappa shape index (κ1) is 70.6. The van der Waals surface area contributed by atoms with Crippen molar-refractivity contribution in [3.8, 4) is 38.4 Å². The number of nitrogens with zero attached hydrogens (tertiary/aromatic N) is 4. The molecule has 502 valence electrons. The maximum atomic E-state index is 15.0. The van der Waals surface area contributed by atoms with E-state index in [1.54, 1.807) is 12.1 Å². The lowest BCUT2D eigenvalue weighted by atomic mass is 9.98. The van der Waals surface area contributed by atoms with E-state index >= 15 is 0 Å². The highest BCUT2D eigenvalue weighted by Crippen LogP contribution is 2.34. The van der Waals surface area contributed by atoms with Gasteiger partial charge < -0.3 is 96.6 Å². The van der Waals surface area contributed by atoms with Crippen LogP contribution in [0, 0.1) is 5.92 Å². The monoisotopic (exact) mass is 1330 g/mol. The maximum absolute atomic E-state index is 15.0. The highest BCUT2D eigenvalue weighted by Gasteiger charge is 2.50. The van der Waals surface area contributed by atoms with E-state index in [1.165, 1.54) is 42.9 Å². The van der Waals surface area contributed by atoms with Crippen molar-refractivity contribution in [2.45, 2.75) is 157 Å². The highest BCUT2D eigenvalue weighted by atomic mass is 32.2. The van der Waals surface area contributed by atoms with Gasteiger partial charge in [0, 0.05) is 61.5 Å². The van der Waals surface area contributed by atoms with Crippen LogP contribution in [-0.4, -0.2) is 237 Å². The lowest BCUT2D eigenvalue weighted by Gasteiger charge is -2.34. The smallest absolute Gasteiger partial charge is 0.261 e. The molecule has 1 aliphatic carbocycles. The van der Waals surface area contributed by atoms with Crippen LogP contribution in [0.2, 0.25) is 0 Å². The van der Waals surface area contributed by atoms with Gasteiger partial charge in [0.25, 0.3) is 18.2 Å². The molecule has 4 fully saturated rings. The van der Waals surface area contributed by atoms with Gasteiger partial charge in [-0.3, -0.25) is 33.6 Å². The summed E-state index contributed by atoms with van der Waals surface area (Å²) in [5.74, 6) is -8.85. The summed E-state index contributed by atoms with van der Waals surface area (Å²) in [5.41, 5.74) is 1.52. The zero-order valence-electron chi connectivity index (χ0n) is 50.2. The predicted octanol–water partition coefficient (Wildman–Crippen LogP) is -2.07. The van der Waals surface area contributed by atoms with Crippen LogP contribution in [0.15, 0.2) is 66.7 Å². The number of nitrogens with one attached hydrogen (secondary N) is 6. The first-order valence-corrected chi connectivity index (χ1v) is 31.5. The number of phenols is 1. The van der Waals surface area contributed by atoms with Gasteiger partial charge in [-0.1, -0.05) is 52.3 Å². The van der Waals surface area contributed by atoms with E-state index in [9.17, 15) is 79.5 Å². The number of carbonyl (C=O) groups excluding carboxylic acids is 7. The normalized spacial score (nSPS) is 26.0. The summed E-state index contributed by atoms with van der Waals surface area (Å²) in [7, 11) is 0. The lowest BCUT2D eigenvalue weighted by Crippen LogP contribution is -2.64. The number of hydrogen-bond acceptors (Lipinski definition) is 26. The number of aromatic hydroxyl groups is 1. The summed E-state index contributed by atoms with van der Waals surface area (Å²) in [6.07, 6.45) is -6.97. The summed E-state index contributed by atoms with van der Waals surface area (Å²) in [6.45, 7) is -0.320. The van der Waals surface area contributed by atoms with E-state index in [0.717, 1.165) is 65.9 Å². The number of benzene rings is 3. The van der Waals surface area contributed by atoms with Gasteiger partial charge in [-0.15, -0.1) is 10.2 Å². The van der Waals surface area contributed by atoms with Crippen molar-refractivity contribution in [2.24, 2.45) is 5.92 Å². The Balaban J connectivity index is 1.09. The minimum Gasteiger partial charge on any atom is -0.504 e. The molecule has 3 aromatic carbocycles. The third kappa shape index (κ3) is 18.1. The average molecular weight is 1330 g/mol. The second kappa shape index (κ2) is 33.1. The number of aromatic nitrogens is 2.